The third kappa shape index (κ3) is 5.47. The van der Waals surface area contributed by atoms with Gasteiger partial charge in [-0.2, -0.15) is 4.31 Å². The van der Waals surface area contributed by atoms with E-state index in [9.17, 15) is 19.0 Å². The Hall–Kier alpha value is -2.93. The predicted octanol–water partition coefficient (Wildman–Crippen LogP) is 6.77. The van der Waals surface area contributed by atoms with E-state index in [0.29, 0.717) is 22.5 Å². The summed E-state index contributed by atoms with van der Waals surface area (Å²) in [6.07, 6.45) is 4.28. The average Bonchev–Trinajstić information content (AvgIpc) is 3.58. The third-order valence-electron chi connectivity index (χ3n) is 8.54. The number of ether oxygens (including phenoxy) is 1. The van der Waals surface area contributed by atoms with Crippen LogP contribution in [0.15, 0.2) is 35.4 Å². The molecule has 0 bridgehead atoms. The molecule has 2 aliphatic rings. The highest BCUT2D eigenvalue weighted by atomic mass is 35.5. The molecule has 2 atom stereocenters. The van der Waals surface area contributed by atoms with Crippen LogP contribution in [0.4, 0.5) is 0 Å². The van der Waals surface area contributed by atoms with Crippen LogP contribution in [0.3, 0.4) is 0 Å². The number of carboxylic acid groups (broad SMARTS) is 1. The van der Waals surface area contributed by atoms with Crippen LogP contribution in [-0.4, -0.2) is 57.1 Å². The number of aromatic nitrogens is 4. The van der Waals surface area contributed by atoms with Crippen LogP contribution in [0.25, 0.3) is 11.0 Å². The molecular formula is C30H33Cl2N5O5S. The quantitative estimate of drug-likeness (QED) is 0.199. The van der Waals surface area contributed by atoms with Gasteiger partial charge in [-0.05, 0) is 78.1 Å². The molecular weight excluding hydrogens is 613 g/mol. The summed E-state index contributed by atoms with van der Waals surface area (Å²) in [4.78, 5) is 16.6. The molecule has 0 saturated heterocycles. The molecule has 0 spiro atoms. The van der Waals surface area contributed by atoms with Crippen molar-refractivity contribution >= 4 is 51.0 Å². The predicted molar refractivity (Wildman–Crippen MR) is 166 cm³/mol. The number of halogens is 2. The summed E-state index contributed by atoms with van der Waals surface area (Å²) in [7, 11) is -1.74. The van der Waals surface area contributed by atoms with Gasteiger partial charge in [0.05, 0.1) is 23.0 Å². The Morgan fingerprint density at radius 1 is 1.21 bits per heavy atom. The maximum absolute atomic E-state index is 12.2. The standard InChI is InChI=1S/C30H33Cl2N5O5S/c1-4-21-15-37(43(40,41)26-10-20(31)13-33-30(26)42-21)14-19-9-18(8-17-6-5-7-22(17)19)24(12-27(38)39)23-11-25(32)29-28(16(23)2)34-35-36(29)3/h8-11,13,21,24,40-41H,4-7,12,14-15H2,1-3H3,(H,38,39)/t21-,24-/m1/s1. The largest absolute Gasteiger partial charge is 0.481 e. The summed E-state index contributed by atoms with van der Waals surface area (Å²) < 4.78 is 32.6. The smallest absolute Gasteiger partial charge is 0.304 e. The number of pyridine rings is 1. The molecule has 2 aromatic carbocycles. The lowest BCUT2D eigenvalue weighted by atomic mass is 9.83. The van der Waals surface area contributed by atoms with E-state index in [4.69, 9.17) is 27.9 Å². The van der Waals surface area contributed by atoms with Crippen LogP contribution >= 0.6 is 34.0 Å². The number of aryl methyl sites for hydroxylation is 3. The molecule has 6 rings (SSSR count). The Morgan fingerprint density at radius 2 is 2.00 bits per heavy atom. The summed E-state index contributed by atoms with van der Waals surface area (Å²) in [5.74, 6) is -1.27. The number of nitrogens with zero attached hydrogens (tertiary/aromatic N) is 5. The van der Waals surface area contributed by atoms with Crippen molar-refractivity contribution in [2.75, 3.05) is 6.54 Å². The molecule has 3 N–H and O–H groups in total. The fourth-order valence-electron chi connectivity index (χ4n) is 6.35. The van der Waals surface area contributed by atoms with E-state index in [2.05, 4.69) is 21.4 Å². The zero-order valence-electron chi connectivity index (χ0n) is 24.0. The molecule has 10 nitrogen and oxygen atoms in total. The molecule has 13 heteroatoms. The van der Waals surface area contributed by atoms with Crippen molar-refractivity contribution in [3.05, 3.63) is 73.9 Å². The summed E-state index contributed by atoms with van der Waals surface area (Å²) >= 11 is 12.9. The topological polar surface area (TPSA) is 134 Å². The summed E-state index contributed by atoms with van der Waals surface area (Å²) in [5.41, 5.74) is 7.00. The molecule has 0 amide bonds. The van der Waals surface area contributed by atoms with Gasteiger partial charge in [0.2, 0.25) is 5.88 Å². The van der Waals surface area contributed by atoms with Gasteiger partial charge in [-0.25, -0.2) is 9.67 Å². The second-order valence-corrected chi connectivity index (χ2v) is 14.1. The van der Waals surface area contributed by atoms with Crippen LogP contribution in [-0.2, 0) is 31.2 Å². The van der Waals surface area contributed by atoms with Gasteiger partial charge in [0, 0.05) is 25.7 Å². The molecule has 3 heterocycles. The molecule has 0 fully saturated rings. The Bertz CT molecular complexity index is 1750. The first kappa shape index (κ1) is 30.1. The van der Waals surface area contributed by atoms with E-state index < -0.39 is 22.7 Å². The minimum Gasteiger partial charge on any atom is -0.481 e. The number of hydrogen-bond acceptors (Lipinski definition) is 8. The van der Waals surface area contributed by atoms with Gasteiger partial charge >= 0.3 is 5.97 Å². The van der Waals surface area contributed by atoms with E-state index in [1.807, 2.05) is 26.0 Å². The number of carboxylic acids is 1. The number of fused-ring (bicyclic) bond motifs is 3. The summed E-state index contributed by atoms with van der Waals surface area (Å²) in [5, 5.41) is 19.2. The van der Waals surface area contributed by atoms with Gasteiger partial charge < -0.3 is 9.84 Å². The lowest BCUT2D eigenvalue weighted by Gasteiger charge is -2.42. The van der Waals surface area contributed by atoms with E-state index in [-0.39, 0.29) is 41.4 Å². The van der Waals surface area contributed by atoms with Crippen LogP contribution in [0.1, 0.15) is 65.5 Å². The van der Waals surface area contributed by atoms with Crippen LogP contribution in [0.2, 0.25) is 10.0 Å². The van der Waals surface area contributed by atoms with Crippen LogP contribution in [0.5, 0.6) is 5.88 Å². The highest BCUT2D eigenvalue weighted by Gasteiger charge is 2.37. The van der Waals surface area contributed by atoms with E-state index >= 15 is 0 Å². The van der Waals surface area contributed by atoms with E-state index in [1.54, 1.807) is 16.0 Å². The first-order valence-corrected chi connectivity index (χ1v) is 16.4. The number of aliphatic carboxylic acids is 1. The third-order valence-corrected chi connectivity index (χ3v) is 10.9. The zero-order valence-corrected chi connectivity index (χ0v) is 26.4. The van der Waals surface area contributed by atoms with Crippen molar-refractivity contribution in [1.29, 1.82) is 0 Å². The van der Waals surface area contributed by atoms with Crippen molar-refractivity contribution in [2.24, 2.45) is 7.05 Å². The van der Waals surface area contributed by atoms with Gasteiger partial charge in [-0.15, -0.1) is 15.9 Å². The van der Waals surface area contributed by atoms with Crippen molar-refractivity contribution in [3.63, 3.8) is 0 Å². The van der Waals surface area contributed by atoms with Gasteiger partial charge in [-0.3, -0.25) is 13.9 Å². The van der Waals surface area contributed by atoms with Crippen molar-refractivity contribution in [3.8, 4) is 5.88 Å². The van der Waals surface area contributed by atoms with E-state index in [1.165, 1.54) is 12.3 Å². The van der Waals surface area contributed by atoms with Crippen LogP contribution < -0.4 is 4.74 Å². The van der Waals surface area contributed by atoms with Gasteiger partial charge in [0.25, 0.3) is 0 Å². The highest BCUT2D eigenvalue weighted by molar-refractivity contribution is 8.22. The fourth-order valence-corrected chi connectivity index (χ4v) is 8.50. The van der Waals surface area contributed by atoms with Crippen molar-refractivity contribution in [2.45, 2.75) is 69.4 Å². The first-order valence-electron chi connectivity index (χ1n) is 14.2. The number of hydrogen-bond donors (Lipinski definition) is 3. The lowest BCUT2D eigenvalue weighted by Crippen LogP contribution is -2.34. The molecule has 1 aliphatic carbocycles. The maximum atomic E-state index is 12.2. The van der Waals surface area contributed by atoms with Crippen molar-refractivity contribution < 1.29 is 23.7 Å². The Kier molecular flexibility index (Phi) is 8.08. The van der Waals surface area contributed by atoms with Crippen LogP contribution in [0, 0.1) is 6.92 Å². The molecule has 228 valence electrons. The highest BCUT2D eigenvalue weighted by Crippen LogP contribution is 2.58. The number of rotatable bonds is 7. The normalized spacial score (nSPS) is 19.4. The molecule has 2 aromatic heterocycles. The Labute approximate surface area is 261 Å². The SMILES string of the molecule is CC[C@@H]1CN(Cc2cc([C@@H](CC(=O)O)c3cc(Cl)c4c(nnn4C)c3C)cc3c2CCC3)S(O)(O)c2cc(Cl)cnc2O1. The average molecular weight is 647 g/mol. The number of benzene rings is 2. The number of carbonyl (C=O) groups is 1. The first-order chi connectivity index (χ1) is 20.5. The second kappa shape index (κ2) is 11.5. The van der Waals surface area contributed by atoms with Gasteiger partial charge in [0.1, 0.15) is 22.0 Å². The van der Waals surface area contributed by atoms with Gasteiger partial charge in [-0.1, -0.05) is 47.5 Å². The summed E-state index contributed by atoms with van der Waals surface area (Å²) in [6, 6.07) is 7.45. The lowest BCUT2D eigenvalue weighted by molar-refractivity contribution is -0.137. The Morgan fingerprint density at radius 3 is 2.74 bits per heavy atom. The Balaban J connectivity index is 1.46. The molecule has 4 aromatic rings. The monoisotopic (exact) mass is 645 g/mol. The van der Waals surface area contributed by atoms with Gasteiger partial charge in [0.15, 0.2) is 0 Å². The molecule has 0 unspecified atom stereocenters. The second-order valence-electron chi connectivity index (χ2n) is 11.3. The molecule has 0 saturated carbocycles. The fraction of sp³-hybridized carbons (Fsp3) is 0.400. The zero-order chi connectivity index (χ0) is 30.6. The van der Waals surface area contributed by atoms with E-state index in [0.717, 1.165) is 52.6 Å². The molecule has 43 heavy (non-hydrogen) atoms. The summed E-state index contributed by atoms with van der Waals surface area (Å²) in [6.45, 7) is 4.39. The minimum atomic E-state index is -3.51. The maximum Gasteiger partial charge on any atom is 0.304 e. The minimum absolute atomic E-state index is 0.149. The molecule has 1 aliphatic heterocycles. The van der Waals surface area contributed by atoms with Crippen molar-refractivity contribution in [1.82, 2.24) is 24.3 Å². The molecule has 0 radical (unpaired) electrons.